The topological polar surface area (TPSA) is 84.2 Å². The number of rotatable bonds is 8. The number of carbonyl (C=O) groups is 1. The van der Waals surface area contributed by atoms with Gasteiger partial charge in [-0.3, -0.25) is 4.79 Å². The second-order valence-corrected chi connectivity index (χ2v) is 8.44. The van der Waals surface area contributed by atoms with E-state index in [0.29, 0.717) is 27.7 Å². The fraction of sp³-hybridized carbons (Fsp3) is 0.107. The SMILES string of the molecule is COc1ccc(-c2cc(-c3ccccc3)c(C#N)c(SCC(=O)Nc3ccccc3OC)n2)cc1. The van der Waals surface area contributed by atoms with Crippen LogP contribution in [-0.2, 0) is 4.79 Å². The number of amides is 1. The average Bonchev–Trinajstić information content (AvgIpc) is 2.92. The number of pyridine rings is 1. The van der Waals surface area contributed by atoms with Gasteiger partial charge in [0.25, 0.3) is 0 Å². The zero-order chi connectivity index (χ0) is 24.6. The van der Waals surface area contributed by atoms with E-state index in [1.807, 2.05) is 72.8 Å². The van der Waals surface area contributed by atoms with Crippen LogP contribution in [0.2, 0.25) is 0 Å². The number of thioether (sulfide) groups is 1. The summed E-state index contributed by atoms with van der Waals surface area (Å²) in [4.78, 5) is 17.5. The third kappa shape index (κ3) is 5.62. The highest BCUT2D eigenvalue weighted by Crippen LogP contribution is 2.35. The quantitative estimate of drug-likeness (QED) is 0.309. The van der Waals surface area contributed by atoms with E-state index >= 15 is 0 Å². The second kappa shape index (κ2) is 11.2. The molecule has 0 bridgehead atoms. The number of anilines is 1. The number of hydrogen-bond donors (Lipinski definition) is 1. The van der Waals surface area contributed by atoms with Gasteiger partial charge in [-0.15, -0.1) is 0 Å². The molecule has 1 heterocycles. The van der Waals surface area contributed by atoms with Crippen LogP contribution in [0.1, 0.15) is 5.56 Å². The number of aromatic nitrogens is 1. The maximum atomic E-state index is 12.7. The van der Waals surface area contributed by atoms with Crippen LogP contribution in [0.15, 0.2) is 90.0 Å². The molecule has 0 radical (unpaired) electrons. The molecule has 0 saturated heterocycles. The average molecular weight is 482 g/mol. The van der Waals surface area contributed by atoms with Crippen LogP contribution in [0, 0.1) is 11.3 Å². The lowest BCUT2D eigenvalue weighted by atomic mass is 9.99. The van der Waals surface area contributed by atoms with Crippen LogP contribution in [0.5, 0.6) is 11.5 Å². The number of para-hydroxylation sites is 2. The Balaban J connectivity index is 1.68. The molecule has 4 aromatic rings. The Morgan fingerprint density at radius 2 is 1.66 bits per heavy atom. The number of methoxy groups -OCH3 is 2. The van der Waals surface area contributed by atoms with Gasteiger partial charge in [-0.25, -0.2) is 4.98 Å². The first-order valence-electron chi connectivity index (χ1n) is 10.8. The molecule has 0 aliphatic carbocycles. The van der Waals surface area contributed by atoms with Crippen LogP contribution >= 0.6 is 11.8 Å². The Morgan fingerprint density at radius 1 is 0.943 bits per heavy atom. The van der Waals surface area contributed by atoms with Crippen molar-refractivity contribution >= 4 is 23.4 Å². The minimum Gasteiger partial charge on any atom is -0.497 e. The molecule has 0 fully saturated rings. The lowest BCUT2D eigenvalue weighted by Gasteiger charge is -2.13. The molecule has 0 atom stereocenters. The first kappa shape index (κ1) is 23.9. The summed E-state index contributed by atoms with van der Waals surface area (Å²) < 4.78 is 10.6. The fourth-order valence-electron chi connectivity index (χ4n) is 3.56. The van der Waals surface area contributed by atoms with E-state index < -0.39 is 0 Å². The van der Waals surface area contributed by atoms with Gasteiger partial charge in [-0.2, -0.15) is 5.26 Å². The van der Waals surface area contributed by atoms with Crippen molar-refractivity contribution in [2.45, 2.75) is 5.03 Å². The van der Waals surface area contributed by atoms with Gasteiger partial charge in [-0.1, -0.05) is 54.2 Å². The number of hydrogen-bond acceptors (Lipinski definition) is 6. The molecule has 0 unspecified atom stereocenters. The fourth-order valence-corrected chi connectivity index (χ4v) is 4.36. The summed E-state index contributed by atoms with van der Waals surface area (Å²) in [6, 6.07) is 28.7. The number of benzene rings is 3. The molecular weight excluding hydrogens is 458 g/mol. The normalized spacial score (nSPS) is 10.3. The Labute approximate surface area is 208 Å². The van der Waals surface area contributed by atoms with Crippen molar-refractivity contribution in [1.82, 2.24) is 4.98 Å². The van der Waals surface area contributed by atoms with Gasteiger partial charge < -0.3 is 14.8 Å². The Kier molecular flexibility index (Phi) is 7.66. The molecule has 0 aliphatic rings. The third-order valence-electron chi connectivity index (χ3n) is 5.29. The summed E-state index contributed by atoms with van der Waals surface area (Å²) in [6.07, 6.45) is 0. The molecule has 3 aromatic carbocycles. The molecule has 6 nitrogen and oxygen atoms in total. The maximum Gasteiger partial charge on any atom is 0.234 e. The van der Waals surface area contributed by atoms with E-state index in [0.717, 1.165) is 22.4 Å². The molecule has 1 amide bonds. The third-order valence-corrected chi connectivity index (χ3v) is 6.27. The van der Waals surface area contributed by atoms with Crippen molar-refractivity contribution in [3.05, 3.63) is 90.5 Å². The van der Waals surface area contributed by atoms with E-state index in [1.165, 1.54) is 11.8 Å². The second-order valence-electron chi connectivity index (χ2n) is 7.48. The minimum atomic E-state index is -0.221. The minimum absolute atomic E-state index is 0.0834. The van der Waals surface area contributed by atoms with Crippen molar-refractivity contribution in [3.63, 3.8) is 0 Å². The largest absolute Gasteiger partial charge is 0.497 e. The van der Waals surface area contributed by atoms with Crippen LogP contribution in [-0.4, -0.2) is 30.9 Å². The van der Waals surface area contributed by atoms with Gasteiger partial charge in [0.15, 0.2) is 0 Å². The molecule has 174 valence electrons. The number of nitriles is 1. The Hall–Kier alpha value is -4.28. The molecule has 0 aliphatic heterocycles. The standard InChI is InChI=1S/C28H23N3O3S/c1-33-21-14-12-20(13-15-21)25-16-22(19-8-4-3-5-9-19)23(17-29)28(31-25)35-18-27(32)30-24-10-6-7-11-26(24)34-2/h3-16H,18H2,1-2H3,(H,30,32). The lowest BCUT2D eigenvalue weighted by Crippen LogP contribution is -2.15. The Bertz CT molecular complexity index is 1370. The van der Waals surface area contributed by atoms with Crippen LogP contribution in [0.25, 0.3) is 22.4 Å². The number of nitrogens with zero attached hydrogens (tertiary/aromatic N) is 2. The summed E-state index contributed by atoms with van der Waals surface area (Å²) in [5.41, 5.74) is 4.28. The van der Waals surface area contributed by atoms with Crippen molar-refractivity contribution < 1.29 is 14.3 Å². The van der Waals surface area contributed by atoms with Crippen molar-refractivity contribution in [1.29, 1.82) is 5.26 Å². The summed E-state index contributed by atoms with van der Waals surface area (Å²) in [6.45, 7) is 0. The molecular formula is C28H23N3O3S. The summed E-state index contributed by atoms with van der Waals surface area (Å²) in [5.74, 6) is 1.18. The number of carbonyl (C=O) groups excluding carboxylic acids is 1. The Morgan fingerprint density at radius 3 is 2.34 bits per heavy atom. The van der Waals surface area contributed by atoms with E-state index in [-0.39, 0.29) is 11.7 Å². The van der Waals surface area contributed by atoms with E-state index in [2.05, 4.69) is 11.4 Å². The molecule has 1 N–H and O–H groups in total. The van der Waals surface area contributed by atoms with Gasteiger partial charge in [-0.05, 0) is 48.0 Å². The van der Waals surface area contributed by atoms with Crippen LogP contribution in [0.3, 0.4) is 0 Å². The van der Waals surface area contributed by atoms with E-state index in [9.17, 15) is 10.1 Å². The van der Waals surface area contributed by atoms with Crippen molar-refractivity contribution in [2.75, 3.05) is 25.3 Å². The van der Waals surface area contributed by atoms with Crippen molar-refractivity contribution in [3.8, 4) is 40.0 Å². The summed E-state index contributed by atoms with van der Waals surface area (Å²) >= 11 is 1.23. The lowest BCUT2D eigenvalue weighted by molar-refractivity contribution is -0.113. The van der Waals surface area contributed by atoms with Crippen LogP contribution in [0.4, 0.5) is 5.69 Å². The van der Waals surface area contributed by atoms with Gasteiger partial charge in [0.1, 0.15) is 22.6 Å². The number of ether oxygens (including phenoxy) is 2. The van der Waals surface area contributed by atoms with Gasteiger partial charge in [0, 0.05) is 11.1 Å². The number of nitrogens with one attached hydrogen (secondary N) is 1. The van der Waals surface area contributed by atoms with E-state index in [1.54, 1.807) is 26.4 Å². The predicted octanol–water partition coefficient (Wildman–Crippen LogP) is 6.04. The van der Waals surface area contributed by atoms with Gasteiger partial charge in [0.05, 0.1) is 36.9 Å². The first-order chi connectivity index (χ1) is 17.1. The van der Waals surface area contributed by atoms with Gasteiger partial charge in [0.2, 0.25) is 5.91 Å². The van der Waals surface area contributed by atoms with E-state index in [4.69, 9.17) is 14.5 Å². The molecule has 0 spiro atoms. The van der Waals surface area contributed by atoms with Gasteiger partial charge >= 0.3 is 0 Å². The molecule has 7 heteroatoms. The van der Waals surface area contributed by atoms with Crippen molar-refractivity contribution in [2.24, 2.45) is 0 Å². The molecule has 4 rings (SSSR count). The zero-order valence-electron chi connectivity index (χ0n) is 19.3. The first-order valence-corrected chi connectivity index (χ1v) is 11.8. The smallest absolute Gasteiger partial charge is 0.234 e. The highest BCUT2D eigenvalue weighted by molar-refractivity contribution is 8.00. The maximum absolute atomic E-state index is 12.7. The summed E-state index contributed by atoms with van der Waals surface area (Å²) in [5, 5.41) is 13.4. The summed E-state index contributed by atoms with van der Waals surface area (Å²) in [7, 11) is 3.17. The molecule has 1 aromatic heterocycles. The van der Waals surface area contributed by atoms with Crippen LogP contribution < -0.4 is 14.8 Å². The molecule has 35 heavy (non-hydrogen) atoms. The highest BCUT2D eigenvalue weighted by atomic mass is 32.2. The molecule has 0 saturated carbocycles. The highest BCUT2D eigenvalue weighted by Gasteiger charge is 2.17. The predicted molar refractivity (Wildman–Crippen MR) is 139 cm³/mol. The monoisotopic (exact) mass is 481 g/mol. The zero-order valence-corrected chi connectivity index (χ0v) is 20.1.